The minimum atomic E-state index is -4.21. The second kappa shape index (κ2) is 7.55. The third kappa shape index (κ3) is 7.23. The highest BCUT2D eigenvalue weighted by Crippen LogP contribution is 2.16. The van der Waals surface area contributed by atoms with Crippen LogP contribution in [0.1, 0.15) is 25.3 Å². The summed E-state index contributed by atoms with van der Waals surface area (Å²) in [5.74, 6) is 0. The van der Waals surface area contributed by atoms with Crippen molar-refractivity contribution in [1.82, 2.24) is 15.1 Å². The van der Waals surface area contributed by atoms with Crippen molar-refractivity contribution < 1.29 is 13.2 Å². The van der Waals surface area contributed by atoms with Crippen LogP contribution >= 0.6 is 12.4 Å². The largest absolute Gasteiger partial charge is 0.408 e. The van der Waals surface area contributed by atoms with Crippen LogP contribution in [0.25, 0.3) is 0 Å². The molecule has 0 spiro atoms. The van der Waals surface area contributed by atoms with Gasteiger partial charge in [0.1, 0.15) is 6.54 Å². The Kier molecular flexibility index (Phi) is 7.22. The predicted molar refractivity (Wildman–Crippen MR) is 62.1 cm³/mol. The maximum absolute atomic E-state index is 12.0. The third-order valence-corrected chi connectivity index (χ3v) is 2.06. The van der Waals surface area contributed by atoms with Crippen molar-refractivity contribution >= 4 is 12.4 Å². The summed E-state index contributed by atoms with van der Waals surface area (Å²) in [5, 5.41) is 6.80. The van der Waals surface area contributed by atoms with Gasteiger partial charge in [-0.05, 0) is 13.0 Å². The summed E-state index contributed by atoms with van der Waals surface area (Å²) < 4.78 is 37.0. The minimum Gasteiger partial charge on any atom is -0.313 e. The fourth-order valence-electron chi connectivity index (χ4n) is 1.30. The number of halogens is 4. The Labute approximate surface area is 105 Å². The van der Waals surface area contributed by atoms with Crippen LogP contribution in [-0.4, -0.2) is 22.5 Å². The van der Waals surface area contributed by atoms with Crippen LogP contribution < -0.4 is 5.32 Å². The predicted octanol–water partition coefficient (Wildman–Crippen LogP) is 2.76. The Balaban J connectivity index is 0.00000256. The van der Waals surface area contributed by atoms with E-state index in [1.165, 1.54) is 12.4 Å². The Morgan fingerprint density at radius 3 is 2.71 bits per heavy atom. The number of rotatable bonds is 6. The standard InChI is InChI=1S/C10H16F3N3.ClH/c1-2-3-4-14-5-9-6-15-16(7-9)8-10(11,12)13;/h6-7,14H,2-5,8H2,1H3;1H. The number of aromatic nitrogens is 2. The number of hydrogen-bond donors (Lipinski definition) is 1. The Morgan fingerprint density at radius 1 is 1.41 bits per heavy atom. The lowest BCUT2D eigenvalue weighted by molar-refractivity contribution is -0.142. The molecule has 0 aliphatic rings. The number of hydrogen-bond acceptors (Lipinski definition) is 2. The van der Waals surface area contributed by atoms with Gasteiger partial charge in [-0.15, -0.1) is 12.4 Å². The Bertz CT molecular complexity index is 312. The van der Waals surface area contributed by atoms with Gasteiger partial charge in [-0.25, -0.2) is 0 Å². The molecule has 0 unspecified atom stereocenters. The molecular formula is C10H17ClF3N3. The van der Waals surface area contributed by atoms with Crippen molar-refractivity contribution in [2.45, 2.75) is 39.0 Å². The molecule has 0 fully saturated rings. The summed E-state index contributed by atoms with van der Waals surface area (Å²) >= 11 is 0. The zero-order valence-corrected chi connectivity index (χ0v) is 10.4. The van der Waals surface area contributed by atoms with Crippen LogP contribution in [0.5, 0.6) is 0 Å². The van der Waals surface area contributed by atoms with Gasteiger partial charge in [0, 0.05) is 18.3 Å². The molecule has 100 valence electrons. The molecule has 0 bridgehead atoms. The molecule has 0 radical (unpaired) electrons. The topological polar surface area (TPSA) is 29.9 Å². The molecule has 0 amide bonds. The minimum absolute atomic E-state index is 0. The Hall–Kier alpha value is -0.750. The molecule has 0 aromatic carbocycles. The van der Waals surface area contributed by atoms with Crippen molar-refractivity contribution in [2.75, 3.05) is 6.54 Å². The first-order valence-corrected chi connectivity index (χ1v) is 5.30. The van der Waals surface area contributed by atoms with E-state index >= 15 is 0 Å². The van der Waals surface area contributed by atoms with Crippen LogP contribution in [0.15, 0.2) is 12.4 Å². The summed E-state index contributed by atoms with van der Waals surface area (Å²) in [7, 11) is 0. The monoisotopic (exact) mass is 271 g/mol. The van der Waals surface area contributed by atoms with Gasteiger partial charge in [-0.3, -0.25) is 4.68 Å². The van der Waals surface area contributed by atoms with Crippen LogP contribution in [0.2, 0.25) is 0 Å². The van der Waals surface area contributed by atoms with E-state index in [0.29, 0.717) is 6.54 Å². The molecule has 0 saturated heterocycles. The molecule has 7 heteroatoms. The van der Waals surface area contributed by atoms with Crippen molar-refractivity contribution in [3.63, 3.8) is 0 Å². The Morgan fingerprint density at radius 2 is 2.12 bits per heavy atom. The lowest BCUT2D eigenvalue weighted by atomic mass is 10.3. The quantitative estimate of drug-likeness (QED) is 0.807. The van der Waals surface area contributed by atoms with Crippen molar-refractivity contribution in [1.29, 1.82) is 0 Å². The summed E-state index contributed by atoms with van der Waals surface area (Å²) in [6, 6.07) is 0. The number of unbranched alkanes of at least 4 members (excludes halogenated alkanes) is 1. The zero-order valence-electron chi connectivity index (χ0n) is 9.63. The van der Waals surface area contributed by atoms with Gasteiger partial charge >= 0.3 is 6.18 Å². The summed E-state index contributed by atoms with van der Waals surface area (Å²) in [6.07, 6.45) is 0.840. The zero-order chi connectivity index (χ0) is 12.0. The van der Waals surface area contributed by atoms with Crippen LogP contribution in [0.3, 0.4) is 0 Å². The number of nitrogens with one attached hydrogen (secondary N) is 1. The smallest absolute Gasteiger partial charge is 0.313 e. The molecular weight excluding hydrogens is 255 g/mol. The molecule has 0 aliphatic carbocycles. The summed E-state index contributed by atoms with van der Waals surface area (Å²) in [4.78, 5) is 0. The number of nitrogens with zero attached hydrogens (tertiary/aromatic N) is 2. The molecule has 3 nitrogen and oxygen atoms in total. The first-order chi connectivity index (χ1) is 7.51. The molecule has 1 N–H and O–H groups in total. The van der Waals surface area contributed by atoms with E-state index in [1.54, 1.807) is 0 Å². The average molecular weight is 272 g/mol. The average Bonchev–Trinajstić information content (AvgIpc) is 2.58. The van der Waals surface area contributed by atoms with E-state index in [-0.39, 0.29) is 12.4 Å². The molecule has 17 heavy (non-hydrogen) atoms. The molecule has 0 aliphatic heterocycles. The van der Waals surface area contributed by atoms with Gasteiger partial charge in [0.2, 0.25) is 0 Å². The normalized spacial score (nSPS) is 11.3. The molecule has 1 aromatic rings. The molecule has 1 heterocycles. The van der Waals surface area contributed by atoms with E-state index in [4.69, 9.17) is 0 Å². The molecule has 1 rings (SSSR count). The van der Waals surface area contributed by atoms with Crippen LogP contribution in [0.4, 0.5) is 13.2 Å². The fourth-order valence-corrected chi connectivity index (χ4v) is 1.30. The van der Waals surface area contributed by atoms with Crippen molar-refractivity contribution in [3.8, 4) is 0 Å². The van der Waals surface area contributed by atoms with Gasteiger partial charge < -0.3 is 5.32 Å². The first kappa shape index (κ1) is 16.2. The third-order valence-electron chi connectivity index (χ3n) is 2.06. The lowest BCUT2D eigenvalue weighted by Crippen LogP contribution is -2.18. The maximum Gasteiger partial charge on any atom is 0.408 e. The van der Waals surface area contributed by atoms with E-state index in [2.05, 4.69) is 17.3 Å². The van der Waals surface area contributed by atoms with E-state index in [9.17, 15) is 13.2 Å². The van der Waals surface area contributed by atoms with Crippen molar-refractivity contribution in [2.24, 2.45) is 0 Å². The second-order valence-corrected chi connectivity index (χ2v) is 3.69. The highest BCUT2D eigenvalue weighted by atomic mass is 35.5. The summed E-state index contributed by atoms with van der Waals surface area (Å²) in [5.41, 5.74) is 0.778. The first-order valence-electron chi connectivity index (χ1n) is 5.30. The van der Waals surface area contributed by atoms with Gasteiger partial charge in [-0.2, -0.15) is 18.3 Å². The van der Waals surface area contributed by atoms with Crippen LogP contribution in [-0.2, 0) is 13.1 Å². The number of alkyl halides is 3. The van der Waals surface area contributed by atoms with Gasteiger partial charge in [0.05, 0.1) is 6.20 Å². The summed E-state index contributed by atoms with van der Waals surface area (Å²) in [6.45, 7) is 2.50. The molecule has 0 saturated carbocycles. The molecule has 0 atom stereocenters. The highest BCUT2D eigenvalue weighted by Gasteiger charge is 2.28. The van der Waals surface area contributed by atoms with E-state index in [0.717, 1.165) is 29.6 Å². The second-order valence-electron chi connectivity index (χ2n) is 3.69. The van der Waals surface area contributed by atoms with Gasteiger partial charge in [-0.1, -0.05) is 13.3 Å². The van der Waals surface area contributed by atoms with E-state index < -0.39 is 12.7 Å². The van der Waals surface area contributed by atoms with E-state index in [1.807, 2.05) is 0 Å². The lowest BCUT2D eigenvalue weighted by Gasteiger charge is -2.05. The van der Waals surface area contributed by atoms with Crippen molar-refractivity contribution in [3.05, 3.63) is 18.0 Å². The maximum atomic E-state index is 12.0. The van der Waals surface area contributed by atoms with Crippen LogP contribution in [0, 0.1) is 0 Å². The van der Waals surface area contributed by atoms with Gasteiger partial charge in [0.15, 0.2) is 0 Å². The SMILES string of the molecule is CCCCNCc1cnn(CC(F)(F)F)c1.Cl. The fraction of sp³-hybridized carbons (Fsp3) is 0.700. The van der Waals surface area contributed by atoms with Gasteiger partial charge in [0.25, 0.3) is 0 Å². The molecule has 1 aromatic heterocycles. The highest BCUT2D eigenvalue weighted by molar-refractivity contribution is 5.85.